The van der Waals surface area contributed by atoms with E-state index in [0.717, 1.165) is 18.4 Å². The summed E-state index contributed by atoms with van der Waals surface area (Å²) in [6, 6.07) is 8.63. The second kappa shape index (κ2) is 5.75. The molecule has 1 heterocycles. The van der Waals surface area contributed by atoms with Crippen molar-refractivity contribution in [1.82, 2.24) is 4.90 Å². The third-order valence-corrected chi connectivity index (χ3v) is 4.24. The first kappa shape index (κ1) is 13.3. The Kier molecular flexibility index (Phi) is 3.83. The summed E-state index contributed by atoms with van der Waals surface area (Å²) in [5.74, 6) is -0.135. The fourth-order valence-corrected chi connectivity index (χ4v) is 2.92. The number of rotatable bonds is 5. The number of benzene rings is 1. The topological polar surface area (TPSA) is 20.3 Å². The van der Waals surface area contributed by atoms with E-state index in [-0.39, 0.29) is 11.7 Å². The molecule has 104 valence electrons. The van der Waals surface area contributed by atoms with Gasteiger partial charge < -0.3 is 4.90 Å². The average Bonchev–Trinajstić information content (AvgIpc) is 3.15. The number of hydrogen-bond acceptors (Lipinski definition) is 2. The van der Waals surface area contributed by atoms with Crippen LogP contribution in [0.15, 0.2) is 41.1 Å². The summed E-state index contributed by atoms with van der Waals surface area (Å²) in [5, 5.41) is 4.12. The van der Waals surface area contributed by atoms with Gasteiger partial charge in [-0.05, 0) is 52.9 Å². The largest absolute Gasteiger partial charge is 0.335 e. The van der Waals surface area contributed by atoms with Crippen molar-refractivity contribution in [3.8, 4) is 0 Å². The van der Waals surface area contributed by atoms with E-state index in [1.54, 1.807) is 23.5 Å². The Hall–Kier alpha value is -1.68. The quantitative estimate of drug-likeness (QED) is 0.823. The number of carbonyl (C=O) groups is 1. The maximum Gasteiger partial charge on any atom is 0.227 e. The van der Waals surface area contributed by atoms with Crippen molar-refractivity contribution in [2.45, 2.75) is 31.8 Å². The Labute approximate surface area is 121 Å². The summed E-state index contributed by atoms with van der Waals surface area (Å²) in [4.78, 5) is 14.4. The average molecular weight is 289 g/mol. The van der Waals surface area contributed by atoms with Crippen molar-refractivity contribution in [2.24, 2.45) is 0 Å². The van der Waals surface area contributed by atoms with Crippen molar-refractivity contribution in [1.29, 1.82) is 0 Å². The van der Waals surface area contributed by atoms with Crippen molar-refractivity contribution in [2.75, 3.05) is 0 Å². The Morgan fingerprint density at radius 1 is 1.20 bits per heavy atom. The Morgan fingerprint density at radius 2 is 1.95 bits per heavy atom. The molecule has 0 aliphatic heterocycles. The standard InChI is InChI=1S/C16H16FNOS/c17-14-3-1-12(2-4-14)9-16(19)18(15-5-6-15)10-13-7-8-20-11-13/h1-4,7-8,11,15H,5-6,9-10H2. The van der Waals surface area contributed by atoms with Crippen LogP contribution in [-0.2, 0) is 17.8 Å². The zero-order chi connectivity index (χ0) is 13.9. The molecule has 1 saturated carbocycles. The predicted octanol–water partition coefficient (Wildman–Crippen LogP) is 3.62. The highest BCUT2D eigenvalue weighted by Gasteiger charge is 2.32. The van der Waals surface area contributed by atoms with E-state index in [1.165, 1.54) is 17.7 Å². The van der Waals surface area contributed by atoms with E-state index < -0.39 is 0 Å². The smallest absolute Gasteiger partial charge is 0.227 e. The molecule has 0 radical (unpaired) electrons. The monoisotopic (exact) mass is 289 g/mol. The maximum absolute atomic E-state index is 12.9. The minimum Gasteiger partial charge on any atom is -0.335 e. The van der Waals surface area contributed by atoms with Gasteiger partial charge in [-0.3, -0.25) is 4.79 Å². The van der Waals surface area contributed by atoms with Gasteiger partial charge in [0, 0.05) is 12.6 Å². The highest BCUT2D eigenvalue weighted by atomic mass is 32.1. The molecule has 0 unspecified atom stereocenters. The lowest BCUT2D eigenvalue weighted by Crippen LogP contribution is -2.33. The number of hydrogen-bond donors (Lipinski definition) is 0. The third-order valence-electron chi connectivity index (χ3n) is 3.51. The maximum atomic E-state index is 12.9. The third kappa shape index (κ3) is 3.25. The molecular formula is C16H16FNOS. The van der Waals surface area contributed by atoms with E-state index in [9.17, 15) is 9.18 Å². The molecule has 0 N–H and O–H groups in total. The summed E-state index contributed by atoms with van der Waals surface area (Å²) in [6.07, 6.45) is 2.54. The summed E-state index contributed by atoms with van der Waals surface area (Å²) >= 11 is 1.65. The Balaban J connectivity index is 1.67. The molecule has 20 heavy (non-hydrogen) atoms. The molecule has 1 amide bonds. The highest BCUT2D eigenvalue weighted by Crippen LogP contribution is 2.29. The molecule has 4 heteroatoms. The fourth-order valence-electron chi connectivity index (χ4n) is 2.26. The van der Waals surface area contributed by atoms with E-state index in [1.807, 2.05) is 10.3 Å². The zero-order valence-electron chi connectivity index (χ0n) is 11.1. The predicted molar refractivity (Wildman–Crippen MR) is 78.0 cm³/mol. The van der Waals surface area contributed by atoms with Gasteiger partial charge in [0.1, 0.15) is 5.82 Å². The van der Waals surface area contributed by atoms with Gasteiger partial charge in [0.05, 0.1) is 6.42 Å². The van der Waals surface area contributed by atoms with Crippen LogP contribution in [0.1, 0.15) is 24.0 Å². The molecule has 1 aromatic carbocycles. The zero-order valence-corrected chi connectivity index (χ0v) is 11.9. The van der Waals surface area contributed by atoms with Crippen molar-refractivity contribution >= 4 is 17.2 Å². The highest BCUT2D eigenvalue weighted by molar-refractivity contribution is 7.07. The first-order chi connectivity index (χ1) is 9.72. The van der Waals surface area contributed by atoms with Crippen LogP contribution in [0.5, 0.6) is 0 Å². The second-order valence-corrected chi connectivity index (χ2v) is 5.97. The molecule has 1 aliphatic carbocycles. The van der Waals surface area contributed by atoms with Crippen molar-refractivity contribution in [3.05, 3.63) is 58.0 Å². The summed E-state index contributed by atoms with van der Waals surface area (Å²) in [7, 11) is 0. The van der Waals surface area contributed by atoms with E-state index in [4.69, 9.17) is 0 Å². The van der Waals surface area contributed by atoms with Crippen LogP contribution in [0.2, 0.25) is 0 Å². The summed E-state index contributed by atoms with van der Waals surface area (Å²) < 4.78 is 12.9. The van der Waals surface area contributed by atoms with Crippen LogP contribution in [0.4, 0.5) is 4.39 Å². The number of amides is 1. The van der Waals surface area contributed by atoms with Gasteiger partial charge in [0.2, 0.25) is 5.91 Å². The SMILES string of the molecule is O=C(Cc1ccc(F)cc1)N(Cc1ccsc1)C1CC1. The normalized spacial score (nSPS) is 14.2. The van der Waals surface area contributed by atoms with Gasteiger partial charge in [-0.15, -0.1) is 0 Å². The van der Waals surface area contributed by atoms with Crippen LogP contribution in [0.3, 0.4) is 0 Å². The first-order valence-corrected chi connectivity index (χ1v) is 7.71. The number of halogens is 1. The molecule has 0 bridgehead atoms. The first-order valence-electron chi connectivity index (χ1n) is 6.77. The van der Waals surface area contributed by atoms with Crippen LogP contribution < -0.4 is 0 Å². The molecule has 1 fully saturated rings. The molecule has 2 aromatic rings. The molecule has 0 spiro atoms. The molecule has 1 aromatic heterocycles. The summed E-state index contributed by atoms with van der Waals surface area (Å²) in [5.41, 5.74) is 2.06. The minimum absolute atomic E-state index is 0.130. The van der Waals surface area contributed by atoms with Crippen LogP contribution in [0, 0.1) is 5.82 Å². The Bertz CT molecular complexity index is 575. The van der Waals surface area contributed by atoms with Crippen LogP contribution >= 0.6 is 11.3 Å². The van der Waals surface area contributed by atoms with Gasteiger partial charge in [0.25, 0.3) is 0 Å². The molecule has 3 rings (SSSR count). The molecule has 2 nitrogen and oxygen atoms in total. The van der Waals surface area contributed by atoms with Gasteiger partial charge in [-0.1, -0.05) is 12.1 Å². The van der Waals surface area contributed by atoms with Gasteiger partial charge in [-0.25, -0.2) is 4.39 Å². The Morgan fingerprint density at radius 3 is 2.55 bits per heavy atom. The van der Waals surface area contributed by atoms with Gasteiger partial charge >= 0.3 is 0 Å². The molecule has 0 saturated heterocycles. The van der Waals surface area contributed by atoms with Crippen molar-refractivity contribution < 1.29 is 9.18 Å². The molecular weight excluding hydrogens is 273 g/mol. The van der Waals surface area contributed by atoms with Gasteiger partial charge in [0.15, 0.2) is 0 Å². The lowest BCUT2D eigenvalue weighted by Gasteiger charge is -2.22. The molecule has 1 aliphatic rings. The van der Waals surface area contributed by atoms with E-state index in [0.29, 0.717) is 19.0 Å². The lowest BCUT2D eigenvalue weighted by atomic mass is 10.1. The molecule has 0 atom stereocenters. The number of nitrogens with zero attached hydrogens (tertiary/aromatic N) is 1. The lowest BCUT2D eigenvalue weighted by molar-refractivity contribution is -0.131. The van der Waals surface area contributed by atoms with Crippen LogP contribution in [-0.4, -0.2) is 16.8 Å². The number of thiophene rings is 1. The van der Waals surface area contributed by atoms with E-state index in [2.05, 4.69) is 11.4 Å². The summed E-state index contributed by atoms with van der Waals surface area (Å²) in [6.45, 7) is 0.689. The van der Waals surface area contributed by atoms with E-state index >= 15 is 0 Å². The minimum atomic E-state index is -0.265. The van der Waals surface area contributed by atoms with Gasteiger partial charge in [-0.2, -0.15) is 11.3 Å². The van der Waals surface area contributed by atoms with Crippen LogP contribution in [0.25, 0.3) is 0 Å². The van der Waals surface area contributed by atoms with Crippen molar-refractivity contribution in [3.63, 3.8) is 0 Å². The number of carbonyl (C=O) groups excluding carboxylic acids is 1. The fraction of sp³-hybridized carbons (Fsp3) is 0.312. The second-order valence-electron chi connectivity index (χ2n) is 5.19.